The number of nitrogens with zero attached hydrogens (tertiary/aromatic N) is 4. The number of nitrogens with one attached hydrogen (secondary N) is 2. The lowest BCUT2D eigenvalue weighted by atomic mass is 9.73. The Balaban J connectivity index is 1.87. The third-order valence-corrected chi connectivity index (χ3v) is 7.26. The predicted octanol–water partition coefficient (Wildman–Crippen LogP) is 3.64. The summed E-state index contributed by atoms with van der Waals surface area (Å²) in [7, 11) is 4.50. The first kappa shape index (κ1) is 28.4. The van der Waals surface area contributed by atoms with Crippen LogP contribution in [0.4, 0.5) is 23.7 Å². The van der Waals surface area contributed by atoms with E-state index in [1.165, 1.54) is 48.2 Å². The van der Waals surface area contributed by atoms with E-state index in [1.807, 2.05) is 6.07 Å². The molecule has 2 N–H and O–H groups in total. The lowest BCUT2D eigenvalue weighted by Crippen LogP contribution is -2.59. The molecule has 1 aromatic rings. The minimum absolute atomic E-state index is 0.0152. The van der Waals surface area contributed by atoms with Crippen molar-refractivity contribution in [2.45, 2.75) is 18.6 Å². The number of benzene rings is 1. The third kappa shape index (κ3) is 5.14. The van der Waals surface area contributed by atoms with Crippen LogP contribution in [-0.4, -0.2) is 67.1 Å². The van der Waals surface area contributed by atoms with Crippen molar-refractivity contribution in [2.75, 3.05) is 32.6 Å². The lowest BCUT2D eigenvalue weighted by Gasteiger charge is -2.48. The second kappa shape index (κ2) is 10.8. The van der Waals surface area contributed by atoms with Crippen molar-refractivity contribution in [2.24, 2.45) is 11.8 Å². The lowest BCUT2D eigenvalue weighted by molar-refractivity contribution is -0.137. The number of carbonyl (C=O) groups excluding carboxylic acids is 3. The molecular weight excluding hydrogens is 525 g/mol. The molecule has 3 aliphatic rings. The number of halogens is 3. The first-order valence-electron chi connectivity index (χ1n) is 12.4. The van der Waals surface area contributed by atoms with Gasteiger partial charge in [0.05, 0.1) is 28.9 Å². The largest absolute Gasteiger partial charge is 0.416 e. The molecule has 0 spiro atoms. The fourth-order valence-corrected chi connectivity index (χ4v) is 5.22. The molecule has 4 rings (SSSR count). The molecular formula is C28H27F3N6O3. The summed E-state index contributed by atoms with van der Waals surface area (Å²) in [6.07, 6.45) is 2.82. The molecule has 208 valence electrons. The average Bonchev–Trinajstić information content (AvgIpc) is 2.94. The molecule has 1 aliphatic carbocycles. The van der Waals surface area contributed by atoms with E-state index in [9.17, 15) is 32.8 Å². The fraction of sp³-hybridized carbons (Fsp3) is 0.321. The Labute approximate surface area is 229 Å². The number of hydrogen-bond donors (Lipinski definition) is 2. The maximum absolute atomic E-state index is 13.8. The zero-order valence-corrected chi connectivity index (χ0v) is 22.0. The summed E-state index contributed by atoms with van der Waals surface area (Å²) >= 11 is 0. The molecule has 1 aromatic carbocycles. The van der Waals surface area contributed by atoms with Gasteiger partial charge < -0.3 is 20.5 Å². The first-order valence-corrected chi connectivity index (χ1v) is 12.4. The Morgan fingerprint density at radius 2 is 1.95 bits per heavy atom. The molecule has 0 fully saturated rings. The summed E-state index contributed by atoms with van der Waals surface area (Å²) in [6, 6.07) is 4.90. The summed E-state index contributed by atoms with van der Waals surface area (Å²) < 4.78 is 40.5. The van der Waals surface area contributed by atoms with Crippen molar-refractivity contribution in [3.63, 3.8) is 0 Å². The van der Waals surface area contributed by atoms with Gasteiger partial charge in [-0.15, -0.1) is 0 Å². The van der Waals surface area contributed by atoms with Gasteiger partial charge in [0.15, 0.2) is 0 Å². The van der Waals surface area contributed by atoms with E-state index in [1.54, 1.807) is 25.3 Å². The van der Waals surface area contributed by atoms with Gasteiger partial charge in [-0.1, -0.05) is 18.2 Å². The van der Waals surface area contributed by atoms with Gasteiger partial charge in [-0.3, -0.25) is 14.5 Å². The number of likely N-dealkylation sites (N-methyl/N-ethyl adjacent to an activating group) is 3. The summed E-state index contributed by atoms with van der Waals surface area (Å²) in [5.41, 5.74) is -0.167. The average molecular weight is 553 g/mol. The van der Waals surface area contributed by atoms with Crippen molar-refractivity contribution in [3.8, 4) is 6.07 Å². The predicted molar refractivity (Wildman–Crippen MR) is 141 cm³/mol. The van der Waals surface area contributed by atoms with Crippen LogP contribution < -0.4 is 10.2 Å². The first-order chi connectivity index (χ1) is 18.9. The van der Waals surface area contributed by atoms with Gasteiger partial charge in [-0.05, 0) is 30.4 Å². The summed E-state index contributed by atoms with van der Waals surface area (Å²) in [4.78, 5) is 43.1. The molecule has 4 amide bonds. The maximum atomic E-state index is 13.8. The van der Waals surface area contributed by atoms with Gasteiger partial charge in [0.25, 0.3) is 5.91 Å². The SMILES string of the molecule is CNC(=O)/C=C\C(=N)C1C=C(C#N)C=CC1C1C2=C(CCN(C)C2=O)N(c2cccc(C(F)(F)F)c2)C(=O)N1C. The van der Waals surface area contributed by atoms with Crippen LogP contribution >= 0.6 is 0 Å². The highest BCUT2D eigenvalue weighted by Crippen LogP contribution is 2.42. The number of alkyl halides is 3. The Morgan fingerprint density at radius 1 is 1.23 bits per heavy atom. The van der Waals surface area contributed by atoms with E-state index in [4.69, 9.17) is 5.41 Å². The topological polar surface area (TPSA) is 121 Å². The zero-order valence-electron chi connectivity index (χ0n) is 22.0. The molecule has 2 aliphatic heterocycles. The smallest absolute Gasteiger partial charge is 0.356 e. The monoisotopic (exact) mass is 552 g/mol. The second-order valence-electron chi connectivity index (χ2n) is 9.66. The summed E-state index contributed by atoms with van der Waals surface area (Å²) in [5, 5.41) is 20.6. The van der Waals surface area contributed by atoms with Gasteiger partial charge in [-0.25, -0.2) is 4.79 Å². The van der Waals surface area contributed by atoms with Gasteiger partial charge in [0.1, 0.15) is 0 Å². The fourth-order valence-electron chi connectivity index (χ4n) is 5.22. The van der Waals surface area contributed by atoms with Crippen LogP contribution in [0.25, 0.3) is 0 Å². The Kier molecular flexibility index (Phi) is 7.68. The van der Waals surface area contributed by atoms with Crippen LogP contribution in [0.1, 0.15) is 12.0 Å². The number of nitriles is 1. The highest BCUT2D eigenvalue weighted by Gasteiger charge is 2.48. The maximum Gasteiger partial charge on any atom is 0.416 e. The van der Waals surface area contributed by atoms with Crippen molar-refractivity contribution < 1.29 is 27.6 Å². The molecule has 3 unspecified atom stereocenters. The molecule has 2 heterocycles. The highest BCUT2D eigenvalue weighted by molar-refractivity contribution is 6.06. The van der Waals surface area contributed by atoms with Crippen molar-refractivity contribution in [1.29, 1.82) is 10.7 Å². The molecule has 0 bridgehead atoms. The minimum atomic E-state index is -4.63. The molecule has 0 aromatic heterocycles. The minimum Gasteiger partial charge on any atom is -0.356 e. The molecule has 12 heteroatoms. The normalized spacial score (nSPS) is 23.3. The Morgan fingerprint density at radius 3 is 2.60 bits per heavy atom. The highest BCUT2D eigenvalue weighted by atomic mass is 19.4. The molecule has 3 atom stereocenters. The van der Waals surface area contributed by atoms with E-state index in [-0.39, 0.29) is 35.5 Å². The van der Waals surface area contributed by atoms with Crippen molar-refractivity contribution in [3.05, 3.63) is 77.1 Å². The van der Waals surface area contributed by atoms with E-state index in [0.29, 0.717) is 5.70 Å². The van der Waals surface area contributed by atoms with E-state index in [0.717, 1.165) is 17.0 Å². The molecule has 9 nitrogen and oxygen atoms in total. The van der Waals surface area contributed by atoms with Crippen LogP contribution in [-0.2, 0) is 15.8 Å². The van der Waals surface area contributed by atoms with E-state index < -0.39 is 47.5 Å². The Hall–Kier alpha value is -4.66. The number of anilines is 1. The summed E-state index contributed by atoms with van der Waals surface area (Å²) in [6.45, 7) is 0.254. The number of carbonyl (C=O) groups is 3. The second-order valence-corrected chi connectivity index (χ2v) is 9.66. The van der Waals surface area contributed by atoms with Crippen LogP contribution in [0.5, 0.6) is 0 Å². The van der Waals surface area contributed by atoms with Crippen LogP contribution in [0.15, 0.2) is 71.5 Å². The van der Waals surface area contributed by atoms with E-state index >= 15 is 0 Å². The third-order valence-electron chi connectivity index (χ3n) is 7.26. The number of rotatable bonds is 5. The number of amides is 4. The number of hydrogen-bond acceptors (Lipinski definition) is 5. The number of allylic oxidation sites excluding steroid dienone is 4. The quantitative estimate of drug-likeness (QED) is 0.428. The number of urea groups is 1. The zero-order chi connectivity index (χ0) is 29.4. The van der Waals surface area contributed by atoms with Gasteiger partial charge in [0, 0.05) is 69.0 Å². The standard InChI is InChI=1S/C28H27F3N6O3/c1-34-23(38)10-9-21(33)20-13-16(15-32)7-8-19(20)25-24-22(11-12-35(2)26(24)39)37(27(40)36(25)3)18-6-4-5-17(14-18)28(29,30)31/h4-10,13-14,19-20,25,33H,11-12H2,1-3H3,(H,34,38)/b10-9-,33-21?. The molecule has 0 saturated carbocycles. The molecule has 40 heavy (non-hydrogen) atoms. The van der Waals surface area contributed by atoms with Gasteiger partial charge in [-0.2, -0.15) is 18.4 Å². The van der Waals surface area contributed by atoms with Crippen molar-refractivity contribution in [1.82, 2.24) is 15.1 Å². The summed E-state index contributed by atoms with van der Waals surface area (Å²) in [5.74, 6) is -2.29. The van der Waals surface area contributed by atoms with Crippen LogP contribution in [0.2, 0.25) is 0 Å². The molecule has 0 radical (unpaired) electrons. The van der Waals surface area contributed by atoms with Crippen LogP contribution in [0.3, 0.4) is 0 Å². The molecule has 0 saturated heterocycles. The van der Waals surface area contributed by atoms with Crippen molar-refractivity contribution >= 4 is 29.2 Å². The van der Waals surface area contributed by atoms with E-state index in [2.05, 4.69) is 5.32 Å². The Bertz CT molecular complexity index is 1440. The van der Waals surface area contributed by atoms with Crippen LogP contribution in [0, 0.1) is 28.6 Å². The van der Waals surface area contributed by atoms with Gasteiger partial charge >= 0.3 is 12.2 Å². The van der Waals surface area contributed by atoms with Gasteiger partial charge in [0.2, 0.25) is 5.91 Å².